The third kappa shape index (κ3) is 12.9. The van der Waals surface area contributed by atoms with Crippen LogP contribution in [-0.4, -0.2) is 51.3 Å². The first kappa shape index (κ1) is 19.8. The maximum Gasteiger partial charge on any atom is 0.0781 e. The largest absolute Gasteiger partial charge is 0.379 e. The maximum atomic E-state index is 5.72. The molecule has 0 N–H and O–H groups in total. The van der Waals surface area contributed by atoms with Gasteiger partial charge < -0.3 is 18.9 Å². The highest BCUT2D eigenvalue weighted by Gasteiger charge is 2.10. The van der Waals surface area contributed by atoms with E-state index >= 15 is 0 Å². The second kappa shape index (κ2) is 12.6. The van der Waals surface area contributed by atoms with E-state index in [2.05, 4.69) is 20.8 Å². The second-order valence-corrected chi connectivity index (χ2v) is 5.90. The first-order valence-corrected chi connectivity index (χ1v) is 7.88. The fraction of sp³-hybridized carbons (Fsp3) is 1.00. The van der Waals surface area contributed by atoms with Crippen molar-refractivity contribution in [3.05, 3.63) is 0 Å². The molecule has 0 aliphatic rings. The van der Waals surface area contributed by atoms with Gasteiger partial charge in [0, 0.05) is 13.2 Å². The molecule has 0 aliphatic heterocycles. The van der Waals surface area contributed by atoms with E-state index in [4.69, 9.17) is 18.9 Å². The summed E-state index contributed by atoms with van der Waals surface area (Å²) in [6, 6.07) is 0. The van der Waals surface area contributed by atoms with Gasteiger partial charge in [0.2, 0.25) is 0 Å². The molecule has 0 fully saturated rings. The lowest BCUT2D eigenvalue weighted by atomic mass is 10.2. The van der Waals surface area contributed by atoms with Crippen molar-refractivity contribution in [2.45, 2.75) is 66.3 Å². The Morgan fingerprint density at radius 2 is 1.10 bits per heavy atom. The van der Waals surface area contributed by atoms with Crippen LogP contribution in [0.5, 0.6) is 0 Å². The number of ether oxygens (including phenoxy) is 4. The molecule has 0 aromatic rings. The van der Waals surface area contributed by atoms with Gasteiger partial charge in [0.15, 0.2) is 0 Å². The summed E-state index contributed by atoms with van der Waals surface area (Å²) in [5, 5.41) is 0. The van der Waals surface area contributed by atoms with Gasteiger partial charge in [-0.2, -0.15) is 0 Å². The maximum absolute atomic E-state index is 5.72. The SMILES string of the molecule is CCCOCC(C)OCC(C)OCC(C)OCC(C)C. The molecular weight excluding hydrogens is 256 g/mol. The van der Waals surface area contributed by atoms with E-state index in [9.17, 15) is 0 Å². The molecule has 4 nitrogen and oxygen atoms in total. The Balaban J connectivity index is 3.54. The molecule has 3 atom stereocenters. The molecule has 0 aromatic heterocycles. The predicted octanol–water partition coefficient (Wildman–Crippen LogP) is 3.28. The Bertz CT molecular complexity index is 209. The third-order valence-corrected chi connectivity index (χ3v) is 2.65. The van der Waals surface area contributed by atoms with Crippen LogP contribution in [-0.2, 0) is 18.9 Å². The second-order valence-electron chi connectivity index (χ2n) is 5.90. The normalized spacial score (nSPS) is 16.4. The smallest absolute Gasteiger partial charge is 0.0781 e. The number of rotatable bonds is 13. The molecule has 20 heavy (non-hydrogen) atoms. The van der Waals surface area contributed by atoms with Crippen LogP contribution in [0.4, 0.5) is 0 Å². The molecule has 0 saturated carbocycles. The summed E-state index contributed by atoms with van der Waals surface area (Å²) >= 11 is 0. The lowest BCUT2D eigenvalue weighted by Gasteiger charge is -2.20. The molecule has 0 heterocycles. The van der Waals surface area contributed by atoms with Crippen molar-refractivity contribution in [3.8, 4) is 0 Å². The molecule has 0 rings (SSSR count). The van der Waals surface area contributed by atoms with Crippen LogP contribution in [0, 0.1) is 5.92 Å². The molecular formula is C16H34O4. The molecule has 4 heteroatoms. The zero-order valence-corrected chi connectivity index (χ0v) is 14.2. The summed E-state index contributed by atoms with van der Waals surface area (Å²) in [5.74, 6) is 0.558. The molecule has 3 unspecified atom stereocenters. The Morgan fingerprint density at radius 3 is 1.55 bits per heavy atom. The summed E-state index contributed by atoms with van der Waals surface area (Å²) in [6.07, 6.45) is 1.36. The molecule has 0 amide bonds. The minimum Gasteiger partial charge on any atom is -0.379 e. The van der Waals surface area contributed by atoms with Crippen LogP contribution in [0.1, 0.15) is 48.0 Å². The van der Waals surface area contributed by atoms with Crippen LogP contribution >= 0.6 is 0 Å². The summed E-state index contributed by atoms with van der Waals surface area (Å²) in [6.45, 7) is 15.9. The van der Waals surface area contributed by atoms with Crippen LogP contribution in [0.2, 0.25) is 0 Å². The van der Waals surface area contributed by atoms with Crippen LogP contribution in [0.15, 0.2) is 0 Å². The summed E-state index contributed by atoms with van der Waals surface area (Å²) in [4.78, 5) is 0. The summed E-state index contributed by atoms with van der Waals surface area (Å²) < 4.78 is 22.5. The standard InChI is InChI=1S/C16H34O4/c1-7-8-17-10-14(4)19-12-16(6)20-11-15(5)18-9-13(2)3/h13-16H,7-12H2,1-6H3. The highest BCUT2D eigenvalue weighted by atomic mass is 16.6. The van der Waals surface area contributed by atoms with Gasteiger partial charge in [-0.3, -0.25) is 0 Å². The summed E-state index contributed by atoms with van der Waals surface area (Å²) in [5.41, 5.74) is 0. The monoisotopic (exact) mass is 290 g/mol. The molecule has 0 spiro atoms. The zero-order chi connectivity index (χ0) is 15.4. The molecule has 0 radical (unpaired) electrons. The van der Waals surface area contributed by atoms with Gasteiger partial charge in [0.25, 0.3) is 0 Å². The van der Waals surface area contributed by atoms with E-state index in [-0.39, 0.29) is 18.3 Å². The van der Waals surface area contributed by atoms with Crippen molar-refractivity contribution in [3.63, 3.8) is 0 Å². The van der Waals surface area contributed by atoms with Crippen molar-refractivity contribution < 1.29 is 18.9 Å². The van der Waals surface area contributed by atoms with Crippen LogP contribution < -0.4 is 0 Å². The first-order chi connectivity index (χ1) is 9.45. The summed E-state index contributed by atoms with van der Waals surface area (Å²) in [7, 11) is 0. The molecule has 0 bridgehead atoms. The third-order valence-electron chi connectivity index (χ3n) is 2.65. The fourth-order valence-electron chi connectivity index (χ4n) is 1.49. The predicted molar refractivity (Wildman–Crippen MR) is 82.2 cm³/mol. The van der Waals surface area contributed by atoms with Crippen LogP contribution in [0.25, 0.3) is 0 Å². The first-order valence-electron chi connectivity index (χ1n) is 7.88. The molecule has 122 valence electrons. The lowest BCUT2D eigenvalue weighted by molar-refractivity contribution is -0.0819. The van der Waals surface area contributed by atoms with Crippen molar-refractivity contribution in [2.24, 2.45) is 5.92 Å². The van der Waals surface area contributed by atoms with Crippen molar-refractivity contribution in [1.82, 2.24) is 0 Å². The Kier molecular flexibility index (Phi) is 12.5. The average Bonchev–Trinajstić information content (AvgIpc) is 2.40. The zero-order valence-electron chi connectivity index (χ0n) is 14.2. The number of hydrogen-bond acceptors (Lipinski definition) is 4. The Morgan fingerprint density at radius 1 is 0.650 bits per heavy atom. The minimum atomic E-state index is 0.0775. The molecule has 0 aromatic carbocycles. The lowest BCUT2D eigenvalue weighted by Crippen LogP contribution is -2.27. The van der Waals surface area contributed by atoms with Gasteiger partial charge in [0.1, 0.15) is 0 Å². The number of hydrogen-bond donors (Lipinski definition) is 0. The van der Waals surface area contributed by atoms with E-state index < -0.39 is 0 Å². The van der Waals surface area contributed by atoms with E-state index in [1.165, 1.54) is 0 Å². The minimum absolute atomic E-state index is 0.0775. The van der Waals surface area contributed by atoms with Crippen molar-refractivity contribution >= 4 is 0 Å². The fourth-order valence-corrected chi connectivity index (χ4v) is 1.49. The van der Waals surface area contributed by atoms with Gasteiger partial charge in [-0.1, -0.05) is 20.8 Å². The topological polar surface area (TPSA) is 36.9 Å². The van der Waals surface area contributed by atoms with E-state index in [0.717, 1.165) is 19.6 Å². The average molecular weight is 290 g/mol. The van der Waals surface area contributed by atoms with Crippen LogP contribution in [0.3, 0.4) is 0 Å². The van der Waals surface area contributed by atoms with Crippen molar-refractivity contribution in [1.29, 1.82) is 0 Å². The Hall–Kier alpha value is -0.160. The highest BCUT2D eigenvalue weighted by molar-refractivity contribution is 4.55. The van der Waals surface area contributed by atoms with E-state index in [0.29, 0.717) is 25.7 Å². The van der Waals surface area contributed by atoms with Gasteiger partial charge >= 0.3 is 0 Å². The van der Waals surface area contributed by atoms with Gasteiger partial charge in [-0.15, -0.1) is 0 Å². The van der Waals surface area contributed by atoms with Gasteiger partial charge in [0.05, 0.1) is 38.1 Å². The van der Waals surface area contributed by atoms with Gasteiger partial charge in [-0.25, -0.2) is 0 Å². The van der Waals surface area contributed by atoms with Gasteiger partial charge in [-0.05, 0) is 33.1 Å². The van der Waals surface area contributed by atoms with E-state index in [1.54, 1.807) is 0 Å². The molecule has 0 aliphatic carbocycles. The Labute approximate surface area is 125 Å². The van der Waals surface area contributed by atoms with Crippen molar-refractivity contribution in [2.75, 3.05) is 33.0 Å². The highest BCUT2D eigenvalue weighted by Crippen LogP contribution is 2.02. The quantitative estimate of drug-likeness (QED) is 0.488. The molecule has 0 saturated heterocycles. The van der Waals surface area contributed by atoms with E-state index in [1.807, 2.05) is 20.8 Å².